The first kappa shape index (κ1) is 12.0. The summed E-state index contributed by atoms with van der Waals surface area (Å²) in [5, 5.41) is 2.67. The van der Waals surface area contributed by atoms with Crippen molar-refractivity contribution in [2.24, 2.45) is 5.92 Å². The summed E-state index contributed by atoms with van der Waals surface area (Å²) in [7, 11) is 3.51. The van der Waals surface area contributed by atoms with E-state index in [1.54, 1.807) is 19.0 Å². The molecule has 0 spiro atoms. The van der Waals surface area contributed by atoms with Crippen molar-refractivity contribution < 1.29 is 9.59 Å². The van der Waals surface area contributed by atoms with Gasteiger partial charge in [-0.3, -0.25) is 9.59 Å². The number of nitrogens with zero attached hydrogens (tertiary/aromatic N) is 1. The third-order valence-corrected chi connectivity index (χ3v) is 2.81. The smallest absolute Gasteiger partial charge is 0.225 e. The molecule has 2 atom stereocenters. The zero-order chi connectivity index (χ0) is 11.4. The van der Waals surface area contributed by atoms with Crippen molar-refractivity contribution in [1.82, 2.24) is 10.2 Å². The van der Waals surface area contributed by atoms with Gasteiger partial charge in [0.2, 0.25) is 11.8 Å². The first-order chi connectivity index (χ1) is 7.00. The Kier molecular flexibility index (Phi) is 4.12. The maximum atomic E-state index is 11.7. The van der Waals surface area contributed by atoms with Gasteiger partial charge in [0.05, 0.1) is 6.92 Å². The number of hydrogen-bond donors (Lipinski definition) is 1. The number of rotatable bonds is 2. The molecule has 0 aromatic rings. The fraction of sp³-hybridized carbons (Fsp3) is 0.727. The van der Waals surface area contributed by atoms with Crippen LogP contribution in [0.5, 0.6) is 0 Å². The third kappa shape index (κ3) is 3.53. The Morgan fingerprint density at radius 3 is 2.53 bits per heavy atom. The minimum atomic E-state index is -0.502. The Bertz CT molecular complexity index is 251. The average molecular weight is 210 g/mol. The van der Waals surface area contributed by atoms with E-state index in [0.717, 1.165) is 19.3 Å². The summed E-state index contributed by atoms with van der Waals surface area (Å²) in [6, 6.07) is 0.0603. The summed E-state index contributed by atoms with van der Waals surface area (Å²) in [5.74, 6) is -0.325. The zero-order valence-electron chi connectivity index (χ0n) is 9.32. The fourth-order valence-corrected chi connectivity index (χ4v) is 2.11. The van der Waals surface area contributed by atoms with Crippen LogP contribution >= 0.6 is 0 Å². The summed E-state index contributed by atoms with van der Waals surface area (Å²) >= 11 is 0. The lowest BCUT2D eigenvalue weighted by Gasteiger charge is -2.30. The fourth-order valence-electron chi connectivity index (χ4n) is 2.11. The molecular weight excluding hydrogens is 192 g/mol. The zero-order valence-corrected chi connectivity index (χ0v) is 9.32. The number of carbonyl (C=O) groups is 2. The van der Waals surface area contributed by atoms with Crippen molar-refractivity contribution in [1.29, 1.82) is 0 Å². The molecule has 0 bridgehead atoms. The van der Waals surface area contributed by atoms with E-state index < -0.39 is 5.91 Å². The highest BCUT2D eigenvalue weighted by Crippen LogP contribution is 2.25. The molecule has 1 N–H and O–H groups in total. The van der Waals surface area contributed by atoms with Crippen molar-refractivity contribution >= 4 is 11.8 Å². The largest absolute Gasteiger partial charge is 0.353 e. The highest BCUT2D eigenvalue weighted by atomic mass is 16.2. The Morgan fingerprint density at radius 2 is 2.00 bits per heavy atom. The molecule has 15 heavy (non-hydrogen) atoms. The highest BCUT2D eigenvalue weighted by molar-refractivity contribution is 5.81. The van der Waals surface area contributed by atoms with Crippen LogP contribution in [0.4, 0.5) is 0 Å². The first-order valence-electron chi connectivity index (χ1n) is 5.28. The minimum absolute atomic E-state index is 0.0330. The number of nitrogens with one attached hydrogen (secondary N) is 1. The van der Waals surface area contributed by atoms with Crippen LogP contribution in [0, 0.1) is 12.8 Å². The van der Waals surface area contributed by atoms with Crippen LogP contribution in [0.25, 0.3) is 0 Å². The molecule has 0 aromatic carbocycles. The maximum Gasteiger partial charge on any atom is 0.225 e. The van der Waals surface area contributed by atoms with E-state index in [2.05, 4.69) is 5.32 Å². The molecule has 0 aromatic heterocycles. The molecule has 0 heterocycles. The molecule has 2 unspecified atom stereocenters. The van der Waals surface area contributed by atoms with Gasteiger partial charge in [0.1, 0.15) is 0 Å². The molecule has 0 saturated heterocycles. The monoisotopic (exact) mass is 210 g/mol. The Labute approximate surface area is 91.0 Å². The van der Waals surface area contributed by atoms with Crippen molar-refractivity contribution in [2.75, 3.05) is 14.1 Å². The Morgan fingerprint density at radius 1 is 1.33 bits per heavy atom. The lowest BCUT2D eigenvalue weighted by atomic mass is 9.85. The van der Waals surface area contributed by atoms with E-state index in [1.165, 1.54) is 0 Å². The number of amides is 2. The van der Waals surface area contributed by atoms with E-state index in [1.807, 2.05) is 0 Å². The minimum Gasteiger partial charge on any atom is -0.353 e. The summed E-state index contributed by atoms with van der Waals surface area (Å²) in [4.78, 5) is 24.0. The van der Waals surface area contributed by atoms with Crippen LogP contribution in [0.1, 0.15) is 25.7 Å². The van der Waals surface area contributed by atoms with E-state index in [9.17, 15) is 9.59 Å². The van der Waals surface area contributed by atoms with Gasteiger partial charge in [-0.2, -0.15) is 0 Å². The van der Waals surface area contributed by atoms with Gasteiger partial charge in [-0.15, -0.1) is 0 Å². The predicted molar refractivity (Wildman–Crippen MR) is 56.9 cm³/mol. The summed E-state index contributed by atoms with van der Waals surface area (Å²) < 4.78 is 0. The second kappa shape index (κ2) is 5.14. The standard InChI is InChI=1S/C11H18N2O2/c1-8(14)12-10-6-4-5-9(7-10)11(15)13(2)3/h1,9-10H,4-7H2,2-3H3,(H,12,14). The highest BCUT2D eigenvalue weighted by Gasteiger charge is 2.28. The second-order valence-corrected chi connectivity index (χ2v) is 4.30. The van der Waals surface area contributed by atoms with Crippen molar-refractivity contribution in [2.45, 2.75) is 31.7 Å². The lowest BCUT2D eigenvalue weighted by Crippen LogP contribution is -2.41. The van der Waals surface area contributed by atoms with Gasteiger partial charge in [-0.25, -0.2) is 0 Å². The SMILES string of the molecule is [CH]C(=O)NC1CCCC(C(=O)N(C)C)C1. The normalized spacial score (nSPS) is 25.8. The van der Waals surface area contributed by atoms with Gasteiger partial charge in [-0.1, -0.05) is 6.42 Å². The van der Waals surface area contributed by atoms with Crippen molar-refractivity contribution in [3.8, 4) is 0 Å². The van der Waals surface area contributed by atoms with Crippen molar-refractivity contribution in [3.05, 3.63) is 6.92 Å². The molecule has 2 amide bonds. The van der Waals surface area contributed by atoms with Crippen LogP contribution in [0.15, 0.2) is 0 Å². The van der Waals surface area contributed by atoms with Gasteiger partial charge < -0.3 is 10.2 Å². The molecule has 84 valence electrons. The van der Waals surface area contributed by atoms with E-state index >= 15 is 0 Å². The lowest BCUT2D eigenvalue weighted by molar-refractivity contribution is -0.134. The van der Waals surface area contributed by atoms with Crippen LogP contribution in [0.2, 0.25) is 0 Å². The first-order valence-corrected chi connectivity index (χ1v) is 5.28. The van der Waals surface area contributed by atoms with Gasteiger partial charge in [-0.05, 0) is 19.3 Å². The maximum absolute atomic E-state index is 11.7. The molecule has 1 fully saturated rings. The molecule has 0 aliphatic heterocycles. The number of carbonyl (C=O) groups excluding carboxylic acids is 2. The van der Waals surface area contributed by atoms with Crippen LogP contribution in [-0.2, 0) is 9.59 Å². The predicted octanol–water partition coefficient (Wildman–Crippen LogP) is 0.461. The van der Waals surface area contributed by atoms with Crippen LogP contribution in [0.3, 0.4) is 0 Å². The van der Waals surface area contributed by atoms with E-state index in [-0.39, 0.29) is 17.9 Å². The molecular formula is C11H18N2O2. The van der Waals surface area contributed by atoms with E-state index in [4.69, 9.17) is 6.92 Å². The molecule has 2 radical (unpaired) electrons. The van der Waals surface area contributed by atoms with Gasteiger partial charge in [0.25, 0.3) is 0 Å². The van der Waals surface area contributed by atoms with Crippen molar-refractivity contribution in [3.63, 3.8) is 0 Å². The van der Waals surface area contributed by atoms with Crippen LogP contribution in [-0.4, -0.2) is 36.9 Å². The van der Waals surface area contributed by atoms with Gasteiger partial charge in [0, 0.05) is 26.1 Å². The Balaban J connectivity index is 2.48. The third-order valence-electron chi connectivity index (χ3n) is 2.81. The number of hydrogen-bond acceptors (Lipinski definition) is 2. The second-order valence-electron chi connectivity index (χ2n) is 4.30. The average Bonchev–Trinajstić information content (AvgIpc) is 2.16. The summed E-state index contributed by atoms with van der Waals surface area (Å²) in [6.07, 6.45) is 3.50. The topological polar surface area (TPSA) is 49.4 Å². The molecule has 1 rings (SSSR count). The summed E-state index contributed by atoms with van der Waals surface area (Å²) in [5.41, 5.74) is 0. The van der Waals surface area contributed by atoms with Gasteiger partial charge in [0.15, 0.2) is 0 Å². The quantitative estimate of drug-likeness (QED) is 0.720. The Hall–Kier alpha value is -1.06. The summed E-state index contributed by atoms with van der Waals surface area (Å²) in [6.45, 7) is 5.06. The molecule has 4 heteroatoms. The molecule has 1 aliphatic rings. The molecule has 1 saturated carbocycles. The van der Waals surface area contributed by atoms with Crippen LogP contribution < -0.4 is 5.32 Å². The van der Waals surface area contributed by atoms with E-state index in [0.29, 0.717) is 6.42 Å². The molecule has 4 nitrogen and oxygen atoms in total. The molecule has 1 aliphatic carbocycles. The van der Waals surface area contributed by atoms with Gasteiger partial charge >= 0.3 is 0 Å².